The van der Waals surface area contributed by atoms with Gasteiger partial charge in [-0.2, -0.15) is 0 Å². The maximum Gasteiger partial charge on any atom is 0.183 e. The quantitative estimate of drug-likeness (QED) is 0.918. The first kappa shape index (κ1) is 13.0. The third kappa shape index (κ3) is 3.13. The fraction of sp³-hybridized carbons (Fsp3) is 0.538. The lowest BCUT2D eigenvalue weighted by Gasteiger charge is -2.11. The summed E-state index contributed by atoms with van der Waals surface area (Å²) in [6.45, 7) is 6.42. The average molecular weight is 294 g/mol. The lowest BCUT2D eigenvalue weighted by molar-refractivity contribution is 0.331. The zero-order valence-corrected chi connectivity index (χ0v) is 12.7. The average Bonchev–Trinajstić information content (AvgIpc) is 3.10. The van der Waals surface area contributed by atoms with E-state index in [1.165, 1.54) is 30.9 Å². The summed E-state index contributed by atoms with van der Waals surface area (Å²) in [5, 5.41) is 9.62. The highest BCUT2D eigenvalue weighted by Gasteiger charge is 2.14. The van der Waals surface area contributed by atoms with Crippen LogP contribution in [0.2, 0.25) is 0 Å². The van der Waals surface area contributed by atoms with Gasteiger partial charge in [0, 0.05) is 17.3 Å². The maximum absolute atomic E-state index is 4.71. The Morgan fingerprint density at radius 3 is 2.68 bits per heavy atom. The molecule has 2 aromatic heterocycles. The lowest BCUT2D eigenvalue weighted by Crippen LogP contribution is -2.18. The van der Waals surface area contributed by atoms with Crippen molar-refractivity contribution in [2.45, 2.75) is 26.3 Å². The van der Waals surface area contributed by atoms with Crippen LogP contribution in [0.25, 0.3) is 11.4 Å². The number of nitrogens with one attached hydrogen (secondary N) is 1. The highest BCUT2D eigenvalue weighted by atomic mass is 32.1. The van der Waals surface area contributed by atoms with E-state index in [1.54, 1.807) is 22.7 Å². The van der Waals surface area contributed by atoms with E-state index in [4.69, 9.17) is 4.98 Å². The molecule has 0 radical (unpaired) electrons. The predicted molar refractivity (Wildman–Crippen MR) is 81.9 cm³/mol. The lowest BCUT2D eigenvalue weighted by atomic mass is 10.4. The second-order valence-electron chi connectivity index (χ2n) is 4.68. The maximum atomic E-state index is 4.71. The largest absolute Gasteiger partial charge is 0.362 e. The Kier molecular flexibility index (Phi) is 4.10. The highest BCUT2D eigenvalue weighted by Crippen LogP contribution is 2.27. The van der Waals surface area contributed by atoms with Gasteiger partial charge in [-0.25, -0.2) is 9.97 Å². The molecule has 19 heavy (non-hydrogen) atoms. The molecular formula is C13H18N4S2. The minimum atomic E-state index is 0.907. The van der Waals surface area contributed by atoms with Gasteiger partial charge in [0.25, 0.3) is 0 Å². The number of anilines is 1. The number of thiazole rings is 2. The Bertz CT molecular complexity index is 528. The van der Waals surface area contributed by atoms with Crippen LogP contribution in [0.4, 0.5) is 5.13 Å². The van der Waals surface area contributed by atoms with Crippen molar-refractivity contribution in [2.75, 3.05) is 25.0 Å². The highest BCUT2D eigenvalue weighted by molar-refractivity contribution is 7.14. The topological polar surface area (TPSA) is 41.1 Å². The van der Waals surface area contributed by atoms with Crippen molar-refractivity contribution < 1.29 is 0 Å². The molecule has 102 valence electrons. The summed E-state index contributed by atoms with van der Waals surface area (Å²) in [5.41, 5.74) is 2.00. The molecule has 0 amide bonds. The minimum Gasteiger partial charge on any atom is -0.362 e. The first-order valence-corrected chi connectivity index (χ1v) is 8.47. The minimum absolute atomic E-state index is 0.907. The second-order valence-corrected chi connectivity index (χ2v) is 6.48. The van der Waals surface area contributed by atoms with Gasteiger partial charge in [0.05, 0.1) is 6.54 Å². The van der Waals surface area contributed by atoms with Crippen LogP contribution >= 0.6 is 22.7 Å². The molecule has 0 bridgehead atoms. The second kappa shape index (κ2) is 5.98. The van der Waals surface area contributed by atoms with Crippen LogP contribution in [0.3, 0.4) is 0 Å². The number of aromatic nitrogens is 2. The summed E-state index contributed by atoms with van der Waals surface area (Å²) in [6.07, 6.45) is 2.66. The molecule has 3 heterocycles. The molecule has 0 unspecified atom stereocenters. The first-order chi connectivity index (χ1) is 9.35. The van der Waals surface area contributed by atoms with Crippen molar-refractivity contribution in [3.8, 4) is 11.4 Å². The molecule has 0 saturated carbocycles. The summed E-state index contributed by atoms with van der Waals surface area (Å²) in [4.78, 5) is 11.7. The molecule has 0 aromatic carbocycles. The smallest absolute Gasteiger partial charge is 0.183 e. The fourth-order valence-corrected chi connectivity index (χ4v) is 3.86. The molecule has 4 nitrogen and oxygen atoms in total. The van der Waals surface area contributed by atoms with E-state index in [0.29, 0.717) is 0 Å². The van der Waals surface area contributed by atoms with E-state index < -0.39 is 0 Å². The van der Waals surface area contributed by atoms with Crippen LogP contribution in [0.15, 0.2) is 10.8 Å². The molecule has 6 heteroatoms. The summed E-state index contributed by atoms with van der Waals surface area (Å²) < 4.78 is 0. The van der Waals surface area contributed by atoms with E-state index in [2.05, 4.69) is 32.9 Å². The summed E-state index contributed by atoms with van der Waals surface area (Å²) in [6, 6.07) is 0. The van der Waals surface area contributed by atoms with Gasteiger partial charge in [-0.05, 0) is 32.9 Å². The van der Waals surface area contributed by atoms with Gasteiger partial charge in [-0.1, -0.05) is 0 Å². The monoisotopic (exact) mass is 294 g/mol. The van der Waals surface area contributed by atoms with E-state index in [1.807, 2.05) is 0 Å². The van der Waals surface area contributed by atoms with Gasteiger partial charge >= 0.3 is 0 Å². The van der Waals surface area contributed by atoms with Gasteiger partial charge in [-0.15, -0.1) is 22.7 Å². The molecular weight excluding hydrogens is 276 g/mol. The van der Waals surface area contributed by atoms with Gasteiger partial charge in [0.1, 0.15) is 16.4 Å². The Balaban J connectivity index is 1.68. The van der Waals surface area contributed by atoms with Crippen molar-refractivity contribution >= 4 is 27.8 Å². The van der Waals surface area contributed by atoms with Crippen molar-refractivity contribution in [1.29, 1.82) is 0 Å². The molecule has 3 rings (SSSR count). The third-order valence-electron chi connectivity index (χ3n) is 3.20. The van der Waals surface area contributed by atoms with E-state index in [9.17, 15) is 0 Å². The van der Waals surface area contributed by atoms with Crippen molar-refractivity contribution in [3.05, 3.63) is 15.8 Å². The molecule has 1 fully saturated rings. The summed E-state index contributed by atoms with van der Waals surface area (Å²) >= 11 is 3.39. The molecule has 1 saturated heterocycles. The Hall–Kier alpha value is -0.980. The molecule has 0 aliphatic carbocycles. The summed E-state index contributed by atoms with van der Waals surface area (Å²) in [7, 11) is 0. The van der Waals surface area contributed by atoms with Gasteiger partial charge in [0.15, 0.2) is 5.13 Å². The van der Waals surface area contributed by atoms with Crippen LogP contribution in [-0.2, 0) is 6.54 Å². The van der Waals surface area contributed by atoms with Crippen LogP contribution in [-0.4, -0.2) is 34.5 Å². The van der Waals surface area contributed by atoms with Gasteiger partial charge < -0.3 is 5.32 Å². The first-order valence-electron chi connectivity index (χ1n) is 6.71. The molecule has 1 aliphatic rings. The molecule has 0 atom stereocenters. The summed E-state index contributed by atoms with van der Waals surface area (Å²) in [5.74, 6) is 0. The fourth-order valence-electron chi connectivity index (χ4n) is 2.26. The van der Waals surface area contributed by atoms with Gasteiger partial charge in [0.2, 0.25) is 0 Å². The number of hydrogen-bond acceptors (Lipinski definition) is 6. The Morgan fingerprint density at radius 1 is 1.16 bits per heavy atom. The molecule has 1 N–H and O–H groups in total. The third-order valence-corrected chi connectivity index (χ3v) is 4.84. The molecule has 0 spiro atoms. The van der Waals surface area contributed by atoms with Crippen LogP contribution in [0.5, 0.6) is 0 Å². The Morgan fingerprint density at radius 2 is 1.89 bits per heavy atom. The van der Waals surface area contributed by atoms with Crippen LogP contribution in [0.1, 0.15) is 24.8 Å². The standard InChI is InChI=1S/C13H18N4S2/c1-2-14-13-16-11(9-19-13)10-8-18-12(15-10)7-17-5-3-4-6-17/h8-9H,2-7H2,1H3,(H,14,16). The zero-order valence-electron chi connectivity index (χ0n) is 11.1. The SMILES string of the molecule is CCNc1nc(-c2csc(CN3CCCC3)n2)cs1. The number of nitrogens with zero attached hydrogens (tertiary/aromatic N) is 3. The van der Waals surface area contributed by atoms with Crippen LogP contribution < -0.4 is 5.32 Å². The van der Waals surface area contributed by atoms with E-state index in [-0.39, 0.29) is 0 Å². The molecule has 1 aliphatic heterocycles. The van der Waals surface area contributed by atoms with Crippen LogP contribution in [0, 0.1) is 0 Å². The number of likely N-dealkylation sites (tertiary alicyclic amines) is 1. The van der Waals surface area contributed by atoms with E-state index >= 15 is 0 Å². The van der Waals surface area contributed by atoms with Crippen molar-refractivity contribution in [1.82, 2.24) is 14.9 Å². The number of hydrogen-bond donors (Lipinski definition) is 1. The number of rotatable bonds is 5. The normalized spacial score (nSPS) is 16.1. The Labute approximate surface area is 121 Å². The zero-order chi connectivity index (χ0) is 13.1. The van der Waals surface area contributed by atoms with Gasteiger partial charge in [-0.3, -0.25) is 4.90 Å². The van der Waals surface area contributed by atoms with Crippen molar-refractivity contribution in [2.24, 2.45) is 0 Å². The molecule has 2 aromatic rings. The predicted octanol–water partition coefficient (Wildman–Crippen LogP) is 3.29. The van der Waals surface area contributed by atoms with E-state index in [0.717, 1.165) is 29.6 Å². The van der Waals surface area contributed by atoms with Crippen molar-refractivity contribution in [3.63, 3.8) is 0 Å².